The van der Waals surface area contributed by atoms with Crippen molar-refractivity contribution in [1.82, 2.24) is 15.1 Å². The van der Waals surface area contributed by atoms with E-state index in [1.54, 1.807) is 28.9 Å². The lowest BCUT2D eigenvalue weighted by molar-refractivity contribution is -0.134. The minimum atomic E-state index is -0.609. The van der Waals surface area contributed by atoms with Gasteiger partial charge in [-0.1, -0.05) is 18.2 Å². The fraction of sp³-hybridized carbons (Fsp3) is 0.350. The van der Waals surface area contributed by atoms with Crippen LogP contribution >= 0.6 is 11.3 Å². The Balaban J connectivity index is 1.48. The third kappa shape index (κ3) is 4.89. The molecule has 2 heterocycles. The molecular weight excluding hydrogens is 376 g/mol. The standard InChI is InChI=1S/C20H24N4O3S/c1-14-5-3-6-16(13-14)22-20(27)24-10-8-23(9-11-24)19(26)15(2)21-18(25)17-7-4-12-28-17/h3-7,12-13,15H,8-11H2,1-2H3,(H,21,25)(H,22,27). The summed E-state index contributed by atoms with van der Waals surface area (Å²) in [4.78, 5) is 41.1. The first kappa shape index (κ1) is 19.9. The van der Waals surface area contributed by atoms with Crippen molar-refractivity contribution in [2.45, 2.75) is 19.9 Å². The Morgan fingerprint density at radius 1 is 1.04 bits per heavy atom. The van der Waals surface area contributed by atoms with Gasteiger partial charge in [-0.25, -0.2) is 4.79 Å². The molecule has 0 spiro atoms. The predicted molar refractivity (Wildman–Crippen MR) is 110 cm³/mol. The van der Waals surface area contributed by atoms with Crippen LogP contribution in [0.2, 0.25) is 0 Å². The quantitative estimate of drug-likeness (QED) is 0.828. The van der Waals surface area contributed by atoms with Gasteiger partial charge in [0.15, 0.2) is 0 Å². The third-order valence-electron chi connectivity index (χ3n) is 4.61. The average Bonchev–Trinajstić information content (AvgIpc) is 3.22. The van der Waals surface area contributed by atoms with Crippen LogP contribution in [-0.4, -0.2) is 59.9 Å². The van der Waals surface area contributed by atoms with Gasteiger partial charge in [0.05, 0.1) is 4.88 Å². The highest BCUT2D eigenvalue weighted by Crippen LogP contribution is 2.12. The van der Waals surface area contributed by atoms with E-state index in [0.29, 0.717) is 31.1 Å². The number of benzene rings is 1. The number of urea groups is 1. The van der Waals surface area contributed by atoms with Crippen molar-refractivity contribution >= 4 is 34.9 Å². The van der Waals surface area contributed by atoms with Gasteiger partial charge in [0.1, 0.15) is 6.04 Å². The SMILES string of the molecule is Cc1cccc(NC(=O)N2CCN(C(=O)C(C)NC(=O)c3cccs3)CC2)c1. The molecule has 148 valence electrons. The van der Waals surface area contributed by atoms with E-state index in [4.69, 9.17) is 0 Å². The van der Waals surface area contributed by atoms with Crippen LogP contribution < -0.4 is 10.6 Å². The zero-order valence-electron chi connectivity index (χ0n) is 16.0. The van der Waals surface area contributed by atoms with E-state index >= 15 is 0 Å². The van der Waals surface area contributed by atoms with E-state index in [2.05, 4.69) is 10.6 Å². The topological polar surface area (TPSA) is 81.8 Å². The lowest BCUT2D eigenvalue weighted by Gasteiger charge is -2.36. The normalized spacial score (nSPS) is 15.1. The van der Waals surface area contributed by atoms with Gasteiger partial charge >= 0.3 is 6.03 Å². The highest BCUT2D eigenvalue weighted by molar-refractivity contribution is 7.12. The highest BCUT2D eigenvalue weighted by atomic mass is 32.1. The number of thiophene rings is 1. The van der Waals surface area contributed by atoms with Crippen molar-refractivity contribution in [3.8, 4) is 0 Å². The van der Waals surface area contributed by atoms with E-state index in [1.165, 1.54) is 11.3 Å². The Morgan fingerprint density at radius 2 is 1.75 bits per heavy atom. The summed E-state index contributed by atoms with van der Waals surface area (Å²) < 4.78 is 0. The number of amides is 4. The zero-order chi connectivity index (χ0) is 20.1. The molecule has 1 aliphatic heterocycles. The molecule has 1 atom stereocenters. The molecule has 2 N–H and O–H groups in total. The van der Waals surface area contributed by atoms with E-state index in [0.717, 1.165) is 11.3 Å². The van der Waals surface area contributed by atoms with Crippen molar-refractivity contribution in [2.75, 3.05) is 31.5 Å². The van der Waals surface area contributed by atoms with Crippen LogP contribution in [0.25, 0.3) is 0 Å². The van der Waals surface area contributed by atoms with Crippen LogP contribution in [0.5, 0.6) is 0 Å². The zero-order valence-corrected chi connectivity index (χ0v) is 16.8. The summed E-state index contributed by atoms with van der Waals surface area (Å²) in [5, 5.41) is 7.45. The molecule has 1 unspecified atom stereocenters. The van der Waals surface area contributed by atoms with Crippen LogP contribution in [0.4, 0.5) is 10.5 Å². The molecule has 1 fully saturated rings. The second kappa shape index (κ2) is 8.88. The van der Waals surface area contributed by atoms with Gasteiger partial charge in [0.2, 0.25) is 5.91 Å². The van der Waals surface area contributed by atoms with Gasteiger partial charge in [-0.2, -0.15) is 0 Å². The van der Waals surface area contributed by atoms with Crippen molar-refractivity contribution in [3.63, 3.8) is 0 Å². The van der Waals surface area contributed by atoms with Gasteiger partial charge in [0.25, 0.3) is 5.91 Å². The summed E-state index contributed by atoms with van der Waals surface area (Å²) in [6, 6.07) is 10.4. The number of aryl methyl sites for hydroxylation is 1. The molecule has 3 rings (SSSR count). The number of rotatable bonds is 4. The van der Waals surface area contributed by atoms with E-state index in [-0.39, 0.29) is 17.8 Å². The molecule has 8 heteroatoms. The molecule has 1 saturated heterocycles. The Morgan fingerprint density at radius 3 is 2.39 bits per heavy atom. The minimum absolute atomic E-state index is 0.136. The Labute approximate surface area is 168 Å². The maximum absolute atomic E-state index is 12.6. The predicted octanol–water partition coefficient (Wildman–Crippen LogP) is 2.55. The van der Waals surface area contributed by atoms with Crippen molar-refractivity contribution in [2.24, 2.45) is 0 Å². The number of nitrogens with one attached hydrogen (secondary N) is 2. The first-order chi connectivity index (χ1) is 13.4. The van der Waals surface area contributed by atoms with Gasteiger partial charge in [-0.15, -0.1) is 11.3 Å². The van der Waals surface area contributed by atoms with Crippen molar-refractivity contribution in [1.29, 1.82) is 0 Å². The molecule has 1 aromatic heterocycles. The van der Waals surface area contributed by atoms with Gasteiger partial charge < -0.3 is 20.4 Å². The number of hydrogen-bond acceptors (Lipinski definition) is 4. The van der Waals surface area contributed by atoms with Crippen LogP contribution in [0.1, 0.15) is 22.2 Å². The number of carbonyl (C=O) groups is 3. The van der Waals surface area contributed by atoms with Gasteiger partial charge in [-0.05, 0) is 43.0 Å². The monoisotopic (exact) mass is 400 g/mol. The third-order valence-corrected chi connectivity index (χ3v) is 5.48. The average molecular weight is 401 g/mol. The van der Waals surface area contributed by atoms with Crippen LogP contribution in [0, 0.1) is 6.92 Å². The summed E-state index contributed by atoms with van der Waals surface area (Å²) in [5.41, 5.74) is 1.83. The molecule has 1 aliphatic rings. The fourth-order valence-electron chi connectivity index (χ4n) is 3.07. The molecule has 0 bridgehead atoms. The molecule has 0 radical (unpaired) electrons. The number of hydrogen-bond donors (Lipinski definition) is 2. The van der Waals surface area contributed by atoms with E-state index in [9.17, 15) is 14.4 Å². The van der Waals surface area contributed by atoms with Crippen molar-refractivity contribution in [3.05, 3.63) is 52.2 Å². The van der Waals surface area contributed by atoms with Crippen molar-refractivity contribution < 1.29 is 14.4 Å². The number of carbonyl (C=O) groups excluding carboxylic acids is 3. The summed E-state index contributed by atoms with van der Waals surface area (Å²) in [7, 11) is 0. The highest BCUT2D eigenvalue weighted by Gasteiger charge is 2.28. The Hall–Kier alpha value is -2.87. The summed E-state index contributed by atoms with van der Waals surface area (Å²) in [6.45, 7) is 5.45. The maximum atomic E-state index is 12.6. The van der Waals surface area contributed by atoms with Gasteiger partial charge in [0, 0.05) is 31.9 Å². The van der Waals surface area contributed by atoms with E-state index < -0.39 is 6.04 Å². The number of anilines is 1. The van der Waals surface area contributed by atoms with Crippen LogP contribution in [-0.2, 0) is 4.79 Å². The Bertz CT molecular complexity index is 845. The summed E-state index contributed by atoms with van der Waals surface area (Å²) in [6.07, 6.45) is 0. The lowest BCUT2D eigenvalue weighted by Crippen LogP contribution is -2.55. The number of nitrogens with zero attached hydrogens (tertiary/aromatic N) is 2. The van der Waals surface area contributed by atoms with Crippen LogP contribution in [0.15, 0.2) is 41.8 Å². The lowest BCUT2D eigenvalue weighted by atomic mass is 10.2. The maximum Gasteiger partial charge on any atom is 0.321 e. The number of piperazine rings is 1. The molecule has 0 saturated carbocycles. The summed E-state index contributed by atoms with van der Waals surface area (Å²) >= 11 is 1.34. The largest absolute Gasteiger partial charge is 0.340 e. The molecule has 4 amide bonds. The Kier molecular flexibility index (Phi) is 6.30. The summed E-state index contributed by atoms with van der Waals surface area (Å²) in [5.74, 6) is -0.379. The van der Waals surface area contributed by atoms with E-state index in [1.807, 2.05) is 36.6 Å². The molecule has 0 aliphatic carbocycles. The molecule has 28 heavy (non-hydrogen) atoms. The second-order valence-electron chi connectivity index (χ2n) is 6.78. The minimum Gasteiger partial charge on any atom is -0.340 e. The molecule has 2 aromatic rings. The second-order valence-corrected chi connectivity index (χ2v) is 7.73. The first-order valence-electron chi connectivity index (χ1n) is 9.20. The fourth-order valence-corrected chi connectivity index (χ4v) is 3.69. The van der Waals surface area contributed by atoms with Crippen LogP contribution in [0.3, 0.4) is 0 Å². The molecule has 7 nitrogen and oxygen atoms in total. The van der Waals surface area contributed by atoms with Gasteiger partial charge in [-0.3, -0.25) is 9.59 Å². The smallest absolute Gasteiger partial charge is 0.321 e. The first-order valence-corrected chi connectivity index (χ1v) is 10.1. The molecular formula is C20H24N4O3S. The molecule has 1 aromatic carbocycles.